The van der Waals surface area contributed by atoms with Crippen LogP contribution >= 0.6 is 39.1 Å². The van der Waals surface area contributed by atoms with Gasteiger partial charge in [-0.1, -0.05) is 27.5 Å². The third-order valence-electron chi connectivity index (χ3n) is 3.44. The van der Waals surface area contributed by atoms with E-state index in [4.69, 9.17) is 23.2 Å². The quantitative estimate of drug-likeness (QED) is 0.710. The van der Waals surface area contributed by atoms with Crippen LogP contribution in [0.25, 0.3) is 0 Å². The Hall–Kier alpha value is -0.250. The van der Waals surface area contributed by atoms with Gasteiger partial charge < -0.3 is 4.90 Å². The van der Waals surface area contributed by atoms with E-state index >= 15 is 0 Å². The van der Waals surface area contributed by atoms with E-state index < -0.39 is 0 Å². The van der Waals surface area contributed by atoms with Gasteiger partial charge in [-0.3, -0.25) is 4.79 Å². The normalized spacial score (nSPS) is 19.5. The molecule has 1 amide bonds. The molecule has 19 heavy (non-hydrogen) atoms. The second-order valence-corrected chi connectivity index (χ2v) is 6.51. The molecular formula is C14H16BrCl2NO. The van der Waals surface area contributed by atoms with E-state index in [1.807, 2.05) is 11.0 Å². The van der Waals surface area contributed by atoms with Crippen molar-refractivity contribution in [3.8, 4) is 0 Å². The van der Waals surface area contributed by atoms with Crippen LogP contribution < -0.4 is 0 Å². The van der Waals surface area contributed by atoms with Crippen molar-refractivity contribution in [2.24, 2.45) is 0 Å². The minimum Gasteiger partial charge on any atom is -0.336 e. The van der Waals surface area contributed by atoms with E-state index in [0.29, 0.717) is 16.5 Å². The zero-order chi connectivity index (χ0) is 13.8. The number of benzene rings is 1. The summed E-state index contributed by atoms with van der Waals surface area (Å²) in [7, 11) is 0. The van der Waals surface area contributed by atoms with E-state index in [1.165, 1.54) is 6.42 Å². The Morgan fingerprint density at radius 1 is 1.37 bits per heavy atom. The van der Waals surface area contributed by atoms with Gasteiger partial charge in [0.15, 0.2) is 0 Å². The number of amides is 1. The molecule has 1 aliphatic rings. The topological polar surface area (TPSA) is 20.3 Å². The molecule has 1 unspecified atom stereocenters. The lowest BCUT2D eigenvalue weighted by Crippen LogP contribution is -2.44. The summed E-state index contributed by atoms with van der Waals surface area (Å²) >= 11 is 15.2. The van der Waals surface area contributed by atoms with Gasteiger partial charge in [-0.2, -0.15) is 0 Å². The predicted octanol–water partition coefficient (Wildman–Crippen LogP) is 4.73. The summed E-state index contributed by atoms with van der Waals surface area (Å²) in [6.45, 7) is 0.810. The largest absolute Gasteiger partial charge is 0.336 e. The number of rotatable bonds is 3. The summed E-state index contributed by atoms with van der Waals surface area (Å²) < 4.78 is 0.828. The number of piperidine rings is 1. The standard InChI is InChI=1S/C14H16BrCl2NO/c15-11-7-10(8-12(17)9-11)14(19)18-6-2-1-3-13(18)4-5-16/h7-9,13H,1-6H2. The maximum atomic E-state index is 12.6. The summed E-state index contributed by atoms with van der Waals surface area (Å²) in [5.74, 6) is 0.645. The summed E-state index contributed by atoms with van der Waals surface area (Å²) in [6.07, 6.45) is 4.13. The van der Waals surface area contributed by atoms with Gasteiger partial charge in [-0.05, 0) is 43.9 Å². The van der Waals surface area contributed by atoms with Gasteiger partial charge >= 0.3 is 0 Å². The van der Waals surface area contributed by atoms with Crippen molar-refractivity contribution >= 4 is 45.0 Å². The van der Waals surface area contributed by atoms with Crippen LogP contribution in [0.2, 0.25) is 5.02 Å². The zero-order valence-corrected chi connectivity index (χ0v) is 13.6. The third-order valence-corrected chi connectivity index (χ3v) is 4.33. The third kappa shape index (κ3) is 3.87. The molecule has 0 aliphatic carbocycles. The van der Waals surface area contributed by atoms with Crippen molar-refractivity contribution in [3.63, 3.8) is 0 Å². The average molecular weight is 365 g/mol. The van der Waals surface area contributed by atoms with Gasteiger partial charge in [0, 0.05) is 33.5 Å². The molecule has 1 fully saturated rings. The lowest BCUT2D eigenvalue weighted by atomic mass is 9.99. The van der Waals surface area contributed by atoms with Crippen LogP contribution in [0.4, 0.5) is 0 Å². The maximum absolute atomic E-state index is 12.6. The Morgan fingerprint density at radius 3 is 2.84 bits per heavy atom. The molecule has 1 heterocycles. The van der Waals surface area contributed by atoms with Crippen molar-refractivity contribution in [1.29, 1.82) is 0 Å². The van der Waals surface area contributed by atoms with Gasteiger partial charge in [-0.15, -0.1) is 11.6 Å². The minimum atomic E-state index is 0.0537. The second kappa shape index (κ2) is 6.96. The van der Waals surface area contributed by atoms with E-state index in [0.717, 1.165) is 30.3 Å². The van der Waals surface area contributed by atoms with Crippen molar-refractivity contribution in [2.45, 2.75) is 31.7 Å². The molecule has 0 N–H and O–H groups in total. The Kier molecular flexibility index (Phi) is 5.55. The molecule has 1 aliphatic heterocycles. The van der Waals surface area contributed by atoms with E-state index in [2.05, 4.69) is 15.9 Å². The van der Waals surface area contributed by atoms with Crippen LogP contribution in [0.1, 0.15) is 36.0 Å². The average Bonchev–Trinajstić information content (AvgIpc) is 2.38. The number of likely N-dealkylation sites (tertiary alicyclic amines) is 1. The Labute approximate surface area is 132 Å². The highest BCUT2D eigenvalue weighted by Crippen LogP contribution is 2.25. The fourth-order valence-corrected chi connectivity index (χ4v) is 3.65. The number of hydrogen-bond donors (Lipinski definition) is 0. The minimum absolute atomic E-state index is 0.0537. The van der Waals surface area contributed by atoms with E-state index in [-0.39, 0.29) is 11.9 Å². The van der Waals surface area contributed by atoms with Crippen molar-refractivity contribution in [3.05, 3.63) is 33.3 Å². The monoisotopic (exact) mass is 363 g/mol. The lowest BCUT2D eigenvalue weighted by molar-refractivity contribution is 0.0609. The fourth-order valence-electron chi connectivity index (χ4n) is 2.54. The summed E-state index contributed by atoms with van der Waals surface area (Å²) in [5.41, 5.74) is 0.640. The molecule has 2 rings (SSSR count). The highest BCUT2D eigenvalue weighted by Gasteiger charge is 2.27. The van der Waals surface area contributed by atoms with Crippen LogP contribution in [-0.4, -0.2) is 29.3 Å². The first-order chi connectivity index (χ1) is 9.11. The maximum Gasteiger partial charge on any atom is 0.254 e. The molecule has 1 saturated heterocycles. The number of carbonyl (C=O) groups excluding carboxylic acids is 1. The highest BCUT2D eigenvalue weighted by atomic mass is 79.9. The van der Waals surface area contributed by atoms with Gasteiger partial charge in [-0.25, -0.2) is 0 Å². The van der Waals surface area contributed by atoms with Crippen molar-refractivity contribution in [1.82, 2.24) is 4.90 Å². The molecule has 1 aromatic rings. The van der Waals surface area contributed by atoms with Crippen LogP contribution in [-0.2, 0) is 0 Å². The van der Waals surface area contributed by atoms with Gasteiger partial charge in [0.1, 0.15) is 0 Å². The second-order valence-electron chi connectivity index (χ2n) is 4.78. The molecule has 1 aromatic carbocycles. The zero-order valence-electron chi connectivity index (χ0n) is 10.5. The number of halogens is 3. The van der Waals surface area contributed by atoms with Gasteiger partial charge in [0.25, 0.3) is 5.91 Å². The lowest BCUT2D eigenvalue weighted by Gasteiger charge is -2.35. The summed E-state index contributed by atoms with van der Waals surface area (Å²) in [6, 6.07) is 5.59. The predicted molar refractivity (Wildman–Crippen MR) is 83.2 cm³/mol. The Morgan fingerprint density at radius 2 is 2.16 bits per heavy atom. The molecule has 5 heteroatoms. The molecule has 1 atom stereocenters. The Balaban J connectivity index is 2.20. The number of hydrogen-bond acceptors (Lipinski definition) is 1. The molecule has 0 aromatic heterocycles. The van der Waals surface area contributed by atoms with Crippen LogP contribution in [0.5, 0.6) is 0 Å². The summed E-state index contributed by atoms with van der Waals surface area (Å²) in [4.78, 5) is 14.5. The van der Waals surface area contributed by atoms with Crippen LogP contribution in [0, 0.1) is 0 Å². The molecule has 0 radical (unpaired) electrons. The SMILES string of the molecule is O=C(c1cc(Cl)cc(Br)c1)N1CCCCC1CCCl. The highest BCUT2D eigenvalue weighted by molar-refractivity contribution is 9.10. The number of carbonyl (C=O) groups is 1. The van der Waals surface area contributed by atoms with Gasteiger partial charge in [0.05, 0.1) is 0 Å². The first-order valence-electron chi connectivity index (χ1n) is 6.45. The number of alkyl halides is 1. The van der Waals surface area contributed by atoms with E-state index in [9.17, 15) is 4.79 Å². The summed E-state index contributed by atoms with van der Waals surface area (Å²) in [5, 5.41) is 0.573. The number of nitrogens with zero attached hydrogens (tertiary/aromatic N) is 1. The molecular weight excluding hydrogens is 349 g/mol. The fraction of sp³-hybridized carbons (Fsp3) is 0.500. The smallest absolute Gasteiger partial charge is 0.254 e. The first kappa shape index (κ1) is 15.1. The Bertz CT molecular complexity index is 445. The molecule has 0 saturated carbocycles. The van der Waals surface area contributed by atoms with Crippen molar-refractivity contribution in [2.75, 3.05) is 12.4 Å². The molecule has 2 nitrogen and oxygen atoms in total. The van der Waals surface area contributed by atoms with Crippen LogP contribution in [0.3, 0.4) is 0 Å². The van der Waals surface area contributed by atoms with Crippen LogP contribution in [0.15, 0.2) is 22.7 Å². The molecule has 0 spiro atoms. The van der Waals surface area contributed by atoms with Crippen molar-refractivity contribution < 1.29 is 4.79 Å². The molecule has 104 valence electrons. The first-order valence-corrected chi connectivity index (χ1v) is 8.15. The van der Waals surface area contributed by atoms with E-state index in [1.54, 1.807) is 12.1 Å². The van der Waals surface area contributed by atoms with Gasteiger partial charge in [0.2, 0.25) is 0 Å². The molecule has 0 bridgehead atoms.